The van der Waals surface area contributed by atoms with E-state index in [9.17, 15) is 0 Å². The smallest absolute Gasteiger partial charge is 0.240 e. The quantitative estimate of drug-likeness (QED) is 0.415. The lowest BCUT2D eigenvalue weighted by Crippen LogP contribution is -2.12. The highest BCUT2D eigenvalue weighted by Crippen LogP contribution is 2.25. The first-order chi connectivity index (χ1) is 8.28. The Morgan fingerprint density at radius 3 is 3.00 bits per heavy atom. The van der Waals surface area contributed by atoms with E-state index in [0.29, 0.717) is 5.95 Å². The molecule has 8 heteroatoms. The maximum atomic E-state index is 5.36. The van der Waals surface area contributed by atoms with Crippen molar-refractivity contribution >= 4 is 50.1 Å². The number of aromatic nitrogens is 4. The number of nitrogen functional groups attached to an aromatic ring is 1. The van der Waals surface area contributed by atoms with Crippen molar-refractivity contribution in [3.8, 4) is 5.82 Å². The van der Waals surface area contributed by atoms with Gasteiger partial charge in [0.25, 0.3) is 0 Å². The molecule has 3 heterocycles. The van der Waals surface area contributed by atoms with Gasteiger partial charge in [-0.15, -0.1) is 11.3 Å². The van der Waals surface area contributed by atoms with Crippen LogP contribution in [0.5, 0.6) is 0 Å². The maximum absolute atomic E-state index is 5.36. The molecule has 6 nitrogen and oxygen atoms in total. The van der Waals surface area contributed by atoms with Gasteiger partial charge in [-0.25, -0.2) is 15.5 Å². The van der Waals surface area contributed by atoms with Gasteiger partial charge >= 0.3 is 0 Å². The highest BCUT2D eigenvalue weighted by molar-refractivity contribution is 14.1. The van der Waals surface area contributed by atoms with Crippen LogP contribution in [0.2, 0.25) is 0 Å². The van der Waals surface area contributed by atoms with E-state index in [-0.39, 0.29) is 0 Å². The summed E-state index contributed by atoms with van der Waals surface area (Å²) in [7, 11) is 0. The third-order valence-electron chi connectivity index (χ3n) is 2.20. The summed E-state index contributed by atoms with van der Waals surface area (Å²) >= 11 is 3.75. The zero-order chi connectivity index (χ0) is 11.8. The summed E-state index contributed by atoms with van der Waals surface area (Å²) in [4.78, 5) is 9.49. The van der Waals surface area contributed by atoms with Crippen LogP contribution >= 0.6 is 33.9 Å². The van der Waals surface area contributed by atoms with Gasteiger partial charge in [0, 0.05) is 6.20 Å². The molecule has 0 spiro atoms. The number of hydrogen-bond donors (Lipinski definition) is 2. The summed E-state index contributed by atoms with van der Waals surface area (Å²) in [6, 6.07) is 1.98. The standard InChI is InChI=1S/C9H7IN6S/c10-5-3-12-16(4-5)7-6-1-2-17-8(6)14-9(13-7)15-11/h1-4H,11H2,(H,13,14,15). The normalized spacial score (nSPS) is 10.9. The van der Waals surface area contributed by atoms with E-state index in [1.807, 2.05) is 17.6 Å². The number of thiophene rings is 1. The van der Waals surface area contributed by atoms with Crippen LogP contribution in [0, 0.1) is 3.57 Å². The Kier molecular flexibility index (Phi) is 2.68. The number of halogens is 1. The molecule has 0 unspecified atom stereocenters. The summed E-state index contributed by atoms with van der Waals surface area (Å²) in [5.41, 5.74) is 2.47. The van der Waals surface area contributed by atoms with E-state index in [1.54, 1.807) is 22.2 Å². The van der Waals surface area contributed by atoms with Crippen molar-refractivity contribution in [2.75, 3.05) is 5.43 Å². The molecule has 0 fully saturated rings. The molecule has 0 atom stereocenters. The van der Waals surface area contributed by atoms with Crippen molar-refractivity contribution in [3.05, 3.63) is 27.4 Å². The number of hydrazine groups is 1. The number of fused-ring (bicyclic) bond motifs is 1. The van der Waals surface area contributed by atoms with E-state index in [1.165, 1.54) is 0 Å². The van der Waals surface area contributed by atoms with Gasteiger partial charge in [0.1, 0.15) is 4.83 Å². The molecule has 3 rings (SSSR count). The molecule has 3 N–H and O–H groups in total. The minimum absolute atomic E-state index is 0.389. The second kappa shape index (κ2) is 4.20. The van der Waals surface area contributed by atoms with E-state index < -0.39 is 0 Å². The predicted octanol–water partition coefficient (Wildman–Crippen LogP) is 1.77. The number of rotatable bonds is 2. The lowest BCUT2D eigenvalue weighted by molar-refractivity contribution is 0.852. The number of anilines is 1. The Hall–Kier alpha value is -1.26. The van der Waals surface area contributed by atoms with Crippen LogP contribution in [0.4, 0.5) is 5.95 Å². The van der Waals surface area contributed by atoms with Gasteiger partial charge in [-0.05, 0) is 34.0 Å². The zero-order valence-corrected chi connectivity index (χ0v) is 11.4. The van der Waals surface area contributed by atoms with Crippen LogP contribution in [0.25, 0.3) is 16.0 Å². The van der Waals surface area contributed by atoms with Gasteiger partial charge in [-0.3, -0.25) is 5.43 Å². The molecule has 0 aliphatic rings. The molecule has 0 saturated carbocycles. The van der Waals surface area contributed by atoms with Crippen molar-refractivity contribution in [1.29, 1.82) is 0 Å². The monoisotopic (exact) mass is 358 g/mol. The van der Waals surface area contributed by atoms with Crippen LogP contribution in [0.3, 0.4) is 0 Å². The molecule has 86 valence electrons. The molecule has 0 aromatic carbocycles. The zero-order valence-electron chi connectivity index (χ0n) is 8.46. The first-order valence-corrected chi connectivity index (χ1v) is 6.66. The van der Waals surface area contributed by atoms with Gasteiger partial charge in [0.2, 0.25) is 5.95 Å². The number of nitrogens with two attached hydrogens (primary N) is 1. The molecule has 0 bridgehead atoms. The van der Waals surface area contributed by atoms with E-state index in [4.69, 9.17) is 5.84 Å². The Labute approximate surface area is 114 Å². The number of nitrogens with zero attached hydrogens (tertiary/aromatic N) is 4. The van der Waals surface area contributed by atoms with E-state index in [0.717, 1.165) is 19.6 Å². The van der Waals surface area contributed by atoms with Crippen molar-refractivity contribution in [2.24, 2.45) is 5.84 Å². The summed E-state index contributed by atoms with van der Waals surface area (Å²) in [6.07, 6.45) is 3.68. The molecule has 17 heavy (non-hydrogen) atoms. The lowest BCUT2D eigenvalue weighted by Gasteiger charge is -2.04. The third-order valence-corrected chi connectivity index (χ3v) is 3.57. The minimum atomic E-state index is 0.389. The largest absolute Gasteiger partial charge is 0.292 e. The average molecular weight is 358 g/mol. The van der Waals surface area contributed by atoms with Crippen LogP contribution in [0.1, 0.15) is 0 Å². The molecule has 0 aliphatic carbocycles. The van der Waals surface area contributed by atoms with Crippen LogP contribution in [-0.2, 0) is 0 Å². The summed E-state index contributed by atoms with van der Waals surface area (Å²) in [5.74, 6) is 6.48. The van der Waals surface area contributed by atoms with Crippen molar-refractivity contribution < 1.29 is 0 Å². The predicted molar refractivity (Wildman–Crippen MR) is 75.1 cm³/mol. The van der Waals surface area contributed by atoms with Crippen molar-refractivity contribution in [3.63, 3.8) is 0 Å². The number of nitrogens with one attached hydrogen (secondary N) is 1. The van der Waals surface area contributed by atoms with Gasteiger partial charge < -0.3 is 0 Å². The topological polar surface area (TPSA) is 81.6 Å². The second-order valence-corrected chi connectivity index (χ2v) is 5.40. The first-order valence-electron chi connectivity index (χ1n) is 4.70. The van der Waals surface area contributed by atoms with Crippen LogP contribution in [0.15, 0.2) is 23.8 Å². The molecule has 3 aromatic rings. The molecule has 0 amide bonds. The third kappa shape index (κ3) is 1.87. The van der Waals surface area contributed by atoms with Crippen LogP contribution in [-0.4, -0.2) is 19.7 Å². The fourth-order valence-electron chi connectivity index (χ4n) is 1.50. The van der Waals surface area contributed by atoms with Crippen molar-refractivity contribution in [2.45, 2.75) is 0 Å². The maximum Gasteiger partial charge on any atom is 0.240 e. The number of hydrogen-bond acceptors (Lipinski definition) is 6. The molecule has 3 aromatic heterocycles. The van der Waals surface area contributed by atoms with Gasteiger partial charge in [0.15, 0.2) is 5.82 Å². The Morgan fingerprint density at radius 1 is 1.41 bits per heavy atom. The molecular formula is C9H7IN6S. The van der Waals surface area contributed by atoms with Gasteiger partial charge in [0.05, 0.1) is 15.2 Å². The fraction of sp³-hybridized carbons (Fsp3) is 0. The van der Waals surface area contributed by atoms with Gasteiger partial charge in [-0.1, -0.05) is 0 Å². The van der Waals surface area contributed by atoms with Gasteiger partial charge in [-0.2, -0.15) is 10.1 Å². The summed E-state index contributed by atoms with van der Waals surface area (Å²) < 4.78 is 2.77. The highest BCUT2D eigenvalue weighted by atomic mass is 127. The molecule has 0 aliphatic heterocycles. The highest BCUT2D eigenvalue weighted by Gasteiger charge is 2.10. The summed E-state index contributed by atoms with van der Waals surface area (Å²) in [5, 5.41) is 7.18. The Bertz CT molecular complexity index is 675. The van der Waals surface area contributed by atoms with Crippen molar-refractivity contribution in [1.82, 2.24) is 19.7 Å². The van der Waals surface area contributed by atoms with E-state index >= 15 is 0 Å². The Morgan fingerprint density at radius 2 is 2.29 bits per heavy atom. The molecule has 0 saturated heterocycles. The Balaban J connectivity index is 2.29. The second-order valence-electron chi connectivity index (χ2n) is 3.26. The van der Waals surface area contributed by atoms with Crippen LogP contribution < -0.4 is 11.3 Å². The lowest BCUT2D eigenvalue weighted by atomic mass is 10.4. The first kappa shape index (κ1) is 10.9. The average Bonchev–Trinajstić information content (AvgIpc) is 2.95. The molecule has 0 radical (unpaired) electrons. The SMILES string of the molecule is NNc1nc(-n2cc(I)cn2)c2ccsc2n1. The summed E-state index contributed by atoms with van der Waals surface area (Å²) in [6.45, 7) is 0. The fourth-order valence-corrected chi connectivity index (χ4v) is 2.64. The van der Waals surface area contributed by atoms with E-state index in [2.05, 4.69) is 43.1 Å². The minimum Gasteiger partial charge on any atom is -0.292 e. The molecular weight excluding hydrogens is 351 g/mol.